The second-order valence-electron chi connectivity index (χ2n) is 6.69. The van der Waals surface area contributed by atoms with Gasteiger partial charge in [-0.15, -0.1) is 0 Å². The van der Waals surface area contributed by atoms with Crippen LogP contribution in [0.3, 0.4) is 0 Å². The molecule has 20 heavy (non-hydrogen) atoms. The van der Waals surface area contributed by atoms with Crippen molar-refractivity contribution in [3.8, 4) is 0 Å². The predicted molar refractivity (Wildman–Crippen MR) is 89.9 cm³/mol. The summed E-state index contributed by atoms with van der Waals surface area (Å²) in [4.78, 5) is 2.63. The largest absolute Gasteiger partial charge is 0.311 e. The predicted octanol–water partition coefficient (Wildman–Crippen LogP) is 4.05. The van der Waals surface area contributed by atoms with Crippen LogP contribution < -0.4 is 5.32 Å². The third-order valence-electron chi connectivity index (χ3n) is 4.69. The standard InChI is InChI=1S/C17H27BrN2/c1-5-13(2)16-11-20(17(3,4)12-19-16)10-14-6-8-15(18)9-7-14/h6-9,13,16,19H,5,10-12H2,1-4H3. The Morgan fingerprint density at radius 1 is 1.35 bits per heavy atom. The topological polar surface area (TPSA) is 15.3 Å². The SMILES string of the molecule is CCC(C)C1CN(Cc2ccc(Br)cc2)C(C)(C)CN1. The maximum Gasteiger partial charge on any atom is 0.0281 e. The third kappa shape index (κ3) is 3.84. The van der Waals surface area contributed by atoms with Gasteiger partial charge in [0.05, 0.1) is 0 Å². The number of halogens is 1. The first-order valence-electron chi connectivity index (χ1n) is 7.65. The number of nitrogens with zero attached hydrogens (tertiary/aromatic N) is 1. The van der Waals surface area contributed by atoms with Crippen molar-refractivity contribution in [2.75, 3.05) is 13.1 Å². The van der Waals surface area contributed by atoms with Crippen molar-refractivity contribution >= 4 is 15.9 Å². The Hall–Kier alpha value is -0.380. The van der Waals surface area contributed by atoms with E-state index >= 15 is 0 Å². The minimum atomic E-state index is 0.219. The van der Waals surface area contributed by atoms with Crippen LogP contribution in [0.4, 0.5) is 0 Å². The lowest BCUT2D eigenvalue weighted by molar-refractivity contribution is 0.0449. The van der Waals surface area contributed by atoms with Crippen molar-refractivity contribution in [1.29, 1.82) is 0 Å². The van der Waals surface area contributed by atoms with Gasteiger partial charge in [0.25, 0.3) is 0 Å². The Balaban J connectivity index is 2.07. The molecule has 0 aliphatic carbocycles. The average molecular weight is 339 g/mol. The van der Waals surface area contributed by atoms with Crippen molar-refractivity contribution in [1.82, 2.24) is 10.2 Å². The molecular weight excluding hydrogens is 312 g/mol. The first-order chi connectivity index (χ1) is 9.42. The number of rotatable bonds is 4. The Labute approximate surface area is 132 Å². The molecule has 2 unspecified atom stereocenters. The maximum atomic E-state index is 3.74. The second kappa shape index (κ2) is 6.59. The highest BCUT2D eigenvalue weighted by molar-refractivity contribution is 9.10. The Morgan fingerprint density at radius 2 is 2.00 bits per heavy atom. The molecule has 0 saturated carbocycles. The molecule has 1 aliphatic rings. The van der Waals surface area contributed by atoms with Crippen molar-refractivity contribution in [3.63, 3.8) is 0 Å². The molecular formula is C17H27BrN2. The van der Waals surface area contributed by atoms with Crippen LogP contribution in [0.1, 0.15) is 39.7 Å². The van der Waals surface area contributed by atoms with Crippen LogP contribution in [-0.4, -0.2) is 29.6 Å². The molecule has 0 radical (unpaired) electrons. The number of hydrogen-bond acceptors (Lipinski definition) is 2. The fraction of sp³-hybridized carbons (Fsp3) is 0.647. The highest BCUT2D eigenvalue weighted by Crippen LogP contribution is 2.25. The van der Waals surface area contributed by atoms with Gasteiger partial charge >= 0.3 is 0 Å². The van der Waals surface area contributed by atoms with Crippen LogP contribution in [0.2, 0.25) is 0 Å². The molecule has 0 aromatic heterocycles. The van der Waals surface area contributed by atoms with Gasteiger partial charge in [-0.1, -0.05) is 48.3 Å². The van der Waals surface area contributed by atoms with E-state index in [0.717, 1.165) is 30.0 Å². The van der Waals surface area contributed by atoms with E-state index in [4.69, 9.17) is 0 Å². The Kier molecular flexibility index (Phi) is 5.27. The minimum Gasteiger partial charge on any atom is -0.311 e. The summed E-state index contributed by atoms with van der Waals surface area (Å²) in [6.07, 6.45) is 1.24. The molecule has 0 spiro atoms. The van der Waals surface area contributed by atoms with E-state index in [9.17, 15) is 0 Å². The summed E-state index contributed by atoms with van der Waals surface area (Å²) in [5.41, 5.74) is 1.61. The van der Waals surface area contributed by atoms with E-state index in [0.29, 0.717) is 6.04 Å². The van der Waals surface area contributed by atoms with Crippen molar-refractivity contribution in [2.45, 2.75) is 52.2 Å². The molecule has 1 saturated heterocycles. The van der Waals surface area contributed by atoms with Gasteiger partial charge in [-0.05, 0) is 37.5 Å². The Morgan fingerprint density at radius 3 is 2.60 bits per heavy atom. The first kappa shape index (κ1) is 16.0. The zero-order chi connectivity index (χ0) is 14.8. The van der Waals surface area contributed by atoms with Gasteiger partial charge in [0, 0.05) is 35.7 Å². The lowest BCUT2D eigenvalue weighted by Gasteiger charge is -2.47. The highest BCUT2D eigenvalue weighted by atomic mass is 79.9. The van der Waals surface area contributed by atoms with Gasteiger partial charge in [-0.25, -0.2) is 0 Å². The van der Waals surface area contributed by atoms with Gasteiger partial charge in [-0.3, -0.25) is 4.90 Å². The summed E-state index contributed by atoms with van der Waals surface area (Å²) in [5, 5.41) is 3.74. The lowest BCUT2D eigenvalue weighted by Crippen LogP contribution is -2.62. The van der Waals surface area contributed by atoms with Gasteiger partial charge in [0.1, 0.15) is 0 Å². The molecule has 0 bridgehead atoms. The maximum absolute atomic E-state index is 3.74. The zero-order valence-electron chi connectivity index (χ0n) is 13.1. The summed E-state index contributed by atoms with van der Waals surface area (Å²) in [6.45, 7) is 12.6. The molecule has 1 aliphatic heterocycles. The van der Waals surface area contributed by atoms with E-state index in [1.807, 2.05) is 0 Å². The fourth-order valence-electron chi connectivity index (χ4n) is 2.80. The summed E-state index contributed by atoms with van der Waals surface area (Å²) >= 11 is 3.51. The van der Waals surface area contributed by atoms with E-state index in [1.54, 1.807) is 0 Å². The molecule has 1 N–H and O–H groups in total. The van der Waals surface area contributed by atoms with Gasteiger partial charge in [0.15, 0.2) is 0 Å². The summed E-state index contributed by atoms with van der Waals surface area (Å²) in [7, 11) is 0. The lowest BCUT2D eigenvalue weighted by atomic mass is 9.90. The van der Waals surface area contributed by atoms with Gasteiger partial charge < -0.3 is 5.32 Å². The van der Waals surface area contributed by atoms with E-state index in [1.165, 1.54) is 12.0 Å². The summed E-state index contributed by atoms with van der Waals surface area (Å²) in [5.74, 6) is 0.735. The molecule has 112 valence electrons. The minimum absolute atomic E-state index is 0.219. The van der Waals surface area contributed by atoms with Crippen LogP contribution in [0.5, 0.6) is 0 Å². The molecule has 2 nitrogen and oxygen atoms in total. The monoisotopic (exact) mass is 338 g/mol. The molecule has 2 atom stereocenters. The molecule has 1 aromatic carbocycles. The van der Waals surface area contributed by atoms with Crippen LogP contribution in [0.25, 0.3) is 0 Å². The quantitative estimate of drug-likeness (QED) is 0.890. The van der Waals surface area contributed by atoms with Gasteiger partial charge in [-0.2, -0.15) is 0 Å². The van der Waals surface area contributed by atoms with Crippen LogP contribution >= 0.6 is 15.9 Å². The number of hydrogen-bond donors (Lipinski definition) is 1. The third-order valence-corrected chi connectivity index (χ3v) is 5.22. The normalized spacial score (nSPS) is 24.6. The van der Waals surface area contributed by atoms with Crippen LogP contribution in [0, 0.1) is 5.92 Å². The zero-order valence-corrected chi connectivity index (χ0v) is 14.7. The highest BCUT2D eigenvalue weighted by Gasteiger charge is 2.35. The first-order valence-corrected chi connectivity index (χ1v) is 8.44. The van der Waals surface area contributed by atoms with Crippen LogP contribution in [0.15, 0.2) is 28.7 Å². The molecule has 0 amide bonds. The number of benzene rings is 1. The van der Waals surface area contributed by atoms with Crippen LogP contribution in [-0.2, 0) is 6.54 Å². The van der Waals surface area contributed by atoms with Crippen molar-refractivity contribution < 1.29 is 0 Å². The number of nitrogens with one attached hydrogen (secondary N) is 1. The second-order valence-corrected chi connectivity index (χ2v) is 7.61. The summed E-state index contributed by atoms with van der Waals surface area (Å²) < 4.78 is 1.15. The van der Waals surface area contributed by atoms with E-state index < -0.39 is 0 Å². The Bertz CT molecular complexity index is 427. The smallest absolute Gasteiger partial charge is 0.0281 e. The molecule has 1 aromatic rings. The molecule has 1 fully saturated rings. The summed E-state index contributed by atoms with van der Waals surface area (Å²) in [6, 6.07) is 9.33. The average Bonchev–Trinajstić information content (AvgIpc) is 2.42. The van der Waals surface area contributed by atoms with E-state index in [-0.39, 0.29) is 5.54 Å². The van der Waals surface area contributed by atoms with Crippen molar-refractivity contribution in [3.05, 3.63) is 34.3 Å². The van der Waals surface area contributed by atoms with E-state index in [2.05, 4.69) is 78.1 Å². The molecule has 2 rings (SSSR count). The number of piperazine rings is 1. The fourth-order valence-corrected chi connectivity index (χ4v) is 3.06. The molecule has 1 heterocycles. The van der Waals surface area contributed by atoms with Gasteiger partial charge in [0.2, 0.25) is 0 Å². The molecule has 3 heteroatoms. The van der Waals surface area contributed by atoms with Crippen molar-refractivity contribution in [2.24, 2.45) is 5.92 Å².